The van der Waals surface area contributed by atoms with Gasteiger partial charge in [-0.15, -0.1) is 0 Å². The summed E-state index contributed by atoms with van der Waals surface area (Å²) in [6, 6.07) is 24.6. The first-order valence-corrected chi connectivity index (χ1v) is 10.2. The smallest absolute Gasteiger partial charge is 0.126 e. The van der Waals surface area contributed by atoms with Gasteiger partial charge in [-0.2, -0.15) is 0 Å². The molecular weight excluding hydrogens is 362 g/mol. The van der Waals surface area contributed by atoms with E-state index in [1.165, 1.54) is 47.7 Å². The second-order valence-corrected chi connectivity index (χ2v) is 7.59. The molecule has 0 heterocycles. The van der Waals surface area contributed by atoms with Crippen molar-refractivity contribution < 1.29 is 8.78 Å². The van der Waals surface area contributed by atoms with E-state index in [4.69, 9.17) is 0 Å². The van der Waals surface area contributed by atoms with Crippen molar-refractivity contribution in [1.82, 2.24) is 0 Å². The van der Waals surface area contributed by atoms with Gasteiger partial charge in [0.25, 0.3) is 0 Å². The Morgan fingerprint density at radius 3 is 1.83 bits per heavy atom. The summed E-state index contributed by atoms with van der Waals surface area (Å²) < 4.78 is 27.0. The lowest BCUT2D eigenvalue weighted by Gasteiger charge is -2.08. The number of aryl methyl sites for hydroxylation is 1. The molecule has 146 valence electrons. The molecule has 0 fully saturated rings. The minimum absolute atomic E-state index is 0.545. The van der Waals surface area contributed by atoms with Crippen molar-refractivity contribution in [1.29, 1.82) is 0 Å². The lowest BCUT2D eigenvalue weighted by molar-refractivity contribution is 0.584. The molecule has 4 aromatic carbocycles. The van der Waals surface area contributed by atoms with Crippen molar-refractivity contribution >= 4 is 10.8 Å². The van der Waals surface area contributed by atoms with Gasteiger partial charge in [0.1, 0.15) is 11.6 Å². The fourth-order valence-corrected chi connectivity index (χ4v) is 3.79. The van der Waals surface area contributed by atoms with Crippen LogP contribution >= 0.6 is 0 Å². The number of unbranched alkanes of at least 4 members (excludes halogenated alkanes) is 2. The van der Waals surface area contributed by atoms with Crippen LogP contribution in [0.15, 0.2) is 78.9 Å². The number of benzene rings is 4. The first kappa shape index (κ1) is 19.3. The standard InChI is InChI=1S/C27H24F2/c1-2-3-4-5-19-6-7-24-15-23(13-12-22(24)14-19)20-8-10-21(11-9-20)25-16-26(28)18-27(29)17-25/h6-18H,2-5H2,1H3. The molecule has 0 aliphatic rings. The van der Waals surface area contributed by atoms with Gasteiger partial charge in [0, 0.05) is 6.07 Å². The van der Waals surface area contributed by atoms with E-state index in [2.05, 4.69) is 43.3 Å². The molecular formula is C27H24F2. The molecule has 0 saturated heterocycles. The van der Waals surface area contributed by atoms with Crippen LogP contribution in [-0.2, 0) is 6.42 Å². The number of hydrogen-bond acceptors (Lipinski definition) is 0. The molecule has 2 heteroatoms. The van der Waals surface area contributed by atoms with Gasteiger partial charge in [-0.3, -0.25) is 0 Å². The van der Waals surface area contributed by atoms with Crippen LogP contribution in [0.1, 0.15) is 31.7 Å². The van der Waals surface area contributed by atoms with Crippen molar-refractivity contribution in [2.24, 2.45) is 0 Å². The first-order valence-electron chi connectivity index (χ1n) is 10.2. The molecule has 0 nitrogen and oxygen atoms in total. The maximum atomic E-state index is 13.5. The van der Waals surface area contributed by atoms with E-state index in [0.717, 1.165) is 29.2 Å². The van der Waals surface area contributed by atoms with E-state index in [9.17, 15) is 8.78 Å². The van der Waals surface area contributed by atoms with Gasteiger partial charge >= 0.3 is 0 Å². The molecule has 0 atom stereocenters. The molecule has 0 spiro atoms. The van der Waals surface area contributed by atoms with Gasteiger partial charge in [0.2, 0.25) is 0 Å². The van der Waals surface area contributed by atoms with Gasteiger partial charge in [-0.25, -0.2) is 8.78 Å². The zero-order chi connectivity index (χ0) is 20.2. The third-order valence-electron chi connectivity index (χ3n) is 5.39. The molecule has 0 saturated carbocycles. The van der Waals surface area contributed by atoms with Gasteiger partial charge in [0.15, 0.2) is 0 Å². The zero-order valence-electron chi connectivity index (χ0n) is 16.6. The Hall–Kier alpha value is -3.00. The number of hydrogen-bond donors (Lipinski definition) is 0. The normalized spacial score (nSPS) is 11.1. The topological polar surface area (TPSA) is 0 Å². The summed E-state index contributed by atoms with van der Waals surface area (Å²) >= 11 is 0. The second-order valence-electron chi connectivity index (χ2n) is 7.59. The maximum Gasteiger partial charge on any atom is 0.126 e. The highest BCUT2D eigenvalue weighted by Gasteiger charge is 2.05. The van der Waals surface area contributed by atoms with Crippen LogP contribution in [0.3, 0.4) is 0 Å². The highest BCUT2D eigenvalue weighted by atomic mass is 19.1. The first-order chi connectivity index (χ1) is 14.1. The fraction of sp³-hybridized carbons (Fsp3) is 0.185. The van der Waals surface area contributed by atoms with Gasteiger partial charge in [-0.1, -0.05) is 74.4 Å². The number of fused-ring (bicyclic) bond motifs is 1. The summed E-state index contributed by atoms with van der Waals surface area (Å²) in [6.45, 7) is 2.23. The summed E-state index contributed by atoms with van der Waals surface area (Å²) in [7, 11) is 0. The van der Waals surface area contributed by atoms with E-state index >= 15 is 0 Å². The molecule has 0 aliphatic heterocycles. The SMILES string of the molecule is CCCCCc1ccc2cc(-c3ccc(-c4cc(F)cc(F)c4)cc3)ccc2c1. The third-order valence-corrected chi connectivity index (χ3v) is 5.39. The Morgan fingerprint density at radius 2 is 1.14 bits per heavy atom. The molecule has 0 aliphatic carbocycles. The minimum Gasteiger partial charge on any atom is -0.207 e. The van der Waals surface area contributed by atoms with E-state index in [1.54, 1.807) is 0 Å². The van der Waals surface area contributed by atoms with Crippen molar-refractivity contribution in [3.05, 3.63) is 96.1 Å². The third kappa shape index (κ3) is 4.54. The Labute approximate surface area is 170 Å². The van der Waals surface area contributed by atoms with Gasteiger partial charge in [0.05, 0.1) is 0 Å². The summed E-state index contributed by atoms with van der Waals surface area (Å²) in [4.78, 5) is 0. The Morgan fingerprint density at radius 1 is 0.552 bits per heavy atom. The predicted octanol–water partition coefficient (Wildman–Crippen LogP) is 8.18. The molecule has 0 unspecified atom stereocenters. The average Bonchev–Trinajstić information content (AvgIpc) is 2.73. The Bertz CT molecular complexity index is 1110. The van der Waals surface area contributed by atoms with E-state index in [0.29, 0.717) is 5.56 Å². The molecule has 4 rings (SSSR count). The van der Waals surface area contributed by atoms with Crippen LogP contribution in [0.2, 0.25) is 0 Å². The molecule has 0 bridgehead atoms. The molecule has 0 radical (unpaired) electrons. The van der Waals surface area contributed by atoms with E-state index in [1.807, 2.05) is 24.3 Å². The van der Waals surface area contributed by atoms with Crippen LogP contribution in [0.25, 0.3) is 33.0 Å². The number of rotatable bonds is 6. The van der Waals surface area contributed by atoms with Crippen molar-refractivity contribution in [2.45, 2.75) is 32.6 Å². The highest BCUT2D eigenvalue weighted by Crippen LogP contribution is 2.28. The van der Waals surface area contributed by atoms with Crippen molar-refractivity contribution in [2.75, 3.05) is 0 Å². The second kappa shape index (κ2) is 8.57. The van der Waals surface area contributed by atoms with Crippen molar-refractivity contribution in [3.8, 4) is 22.3 Å². The minimum atomic E-state index is -0.562. The molecule has 29 heavy (non-hydrogen) atoms. The van der Waals surface area contributed by atoms with Crippen LogP contribution in [0.4, 0.5) is 8.78 Å². The predicted molar refractivity (Wildman–Crippen MR) is 118 cm³/mol. The lowest BCUT2D eigenvalue weighted by atomic mass is 9.97. The number of halogens is 2. The lowest BCUT2D eigenvalue weighted by Crippen LogP contribution is -1.87. The molecule has 0 amide bonds. The Kier molecular flexibility index (Phi) is 5.71. The Balaban J connectivity index is 1.58. The summed E-state index contributed by atoms with van der Waals surface area (Å²) in [5, 5.41) is 2.48. The summed E-state index contributed by atoms with van der Waals surface area (Å²) in [6.07, 6.45) is 4.88. The maximum absolute atomic E-state index is 13.5. The van der Waals surface area contributed by atoms with Crippen LogP contribution in [0.5, 0.6) is 0 Å². The largest absolute Gasteiger partial charge is 0.207 e. The zero-order valence-corrected chi connectivity index (χ0v) is 16.6. The van der Waals surface area contributed by atoms with E-state index in [-0.39, 0.29) is 0 Å². The highest BCUT2D eigenvalue weighted by molar-refractivity contribution is 5.88. The van der Waals surface area contributed by atoms with E-state index < -0.39 is 11.6 Å². The monoisotopic (exact) mass is 386 g/mol. The van der Waals surface area contributed by atoms with Crippen molar-refractivity contribution in [3.63, 3.8) is 0 Å². The molecule has 0 aromatic heterocycles. The van der Waals surface area contributed by atoms with Crippen LogP contribution < -0.4 is 0 Å². The summed E-state index contributed by atoms with van der Waals surface area (Å²) in [5.74, 6) is -1.12. The average molecular weight is 386 g/mol. The van der Waals surface area contributed by atoms with Crippen LogP contribution in [0, 0.1) is 11.6 Å². The summed E-state index contributed by atoms with van der Waals surface area (Å²) in [5.41, 5.74) is 4.95. The fourth-order valence-electron chi connectivity index (χ4n) is 3.79. The molecule has 0 N–H and O–H groups in total. The quantitative estimate of drug-likeness (QED) is 0.293. The van der Waals surface area contributed by atoms with Gasteiger partial charge in [-0.05, 0) is 69.6 Å². The van der Waals surface area contributed by atoms with Gasteiger partial charge < -0.3 is 0 Å². The van der Waals surface area contributed by atoms with Crippen LogP contribution in [-0.4, -0.2) is 0 Å². The molecule has 4 aromatic rings.